The Hall–Kier alpha value is -0.820. The van der Waals surface area contributed by atoms with Crippen molar-refractivity contribution in [2.45, 2.75) is 20.8 Å². The first-order chi connectivity index (χ1) is 5.09. The molecule has 0 heterocycles. The van der Waals surface area contributed by atoms with Gasteiger partial charge in [0, 0.05) is 0 Å². The summed E-state index contributed by atoms with van der Waals surface area (Å²) in [4.78, 5) is 0. The van der Waals surface area contributed by atoms with Gasteiger partial charge in [-0.15, -0.1) is 0 Å². The van der Waals surface area contributed by atoms with Crippen LogP contribution in [0.3, 0.4) is 0 Å². The van der Waals surface area contributed by atoms with Crippen LogP contribution in [-0.2, 0) is 0 Å². The molecule has 0 aliphatic carbocycles. The van der Waals surface area contributed by atoms with Gasteiger partial charge in [-0.3, -0.25) is 0 Å². The van der Waals surface area contributed by atoms with Crippen LogP contribution in [0.15, 0.2) is 18.2 Å². The Labute approximate surface area is 67.7 Å². The Morgan fingerprint density at radius 3 is 1.91 bits per heavy atom. The number of aryl methyl sites for hydroxylation is 2. The van der Waals surface area contributed by atoms with Crippen molar-refractivity contribution >= 4 is 0 Å². The maximum Gasteiger partial charge on any atom is 0.119 e. The first-order valence-corrected chi connectivity index (χ1v) is 3.71. The largest absolute Gasteiger partial charge is 0.382 e. The molecule has 1 N–H and O–H groups in total. The molecule has 1 heteroatoms. The zero-order valence-electron chi connectivity index (χ0n) is 7.18. The molecular formula is C10H13O. The molecule has 11 heavy (non-hydrogen) atoms. The van der Waals surface area contributed by atoms with Gasteiger partial charge in [-0.1, -0.05) is 29.3 Å². The minimum Gasteiger partial charge on any atom is -0.382 e. The Balaban J connectivity index is 3.08. The predicted molar refractivity (Wildman–Crippen MR) is 45.9 cm³/mol. The highest BCUT2D eigenvalue weighted by Crippen LogP contribution is 2.14. The van der Waals surface area contributed by atoms with Crippen molar-refractivity contribution < 1.29 is 5.11 Å². The highest BCUT2D eigenvalue weighted by atomic mass is 16.3. The molecule has 0 aliphatic heterocycles. The molecule has 1 aromatic rings. The maximum atomic E-state index is 9.19. The zero-order chi connectivity index (χ0) is 8.43. The van der Waals surface area contributed by atoms with Crippen molar-refractivity contribution in [3.05, 3.63) is 41.0 Å². The third-order valence-corrected chi connectivity index (χ3v) is 1.64. The summed E-state index contributed by atoms with van der Waals surface area (Å²) in [6.45, 7) is 5.76. The molecule has 0 saturated carbocycles. The molecule has 0 aliphatic rings. The number of rotatable bonds is 1. The van der Waals surface area contributed by atoms with E-state index in [2.05, 4.69) is 6.07 Å². The van der Waals surface area contributed by atoms with E-state index < -0.39 is 0 Å². The topological polar surface area (TPSA) is 20.2 Å². The van der Waals surface area contributed by atoms with E-state index in [-0.39, 0.29) is 0 Å². The smallest absolute Gasteiger partial charge is 0.119 e. The number of hydrogen-bond acceptors (Lipinski definition) is 1. The van der Waals surface area contributed by atoms with E-state index in [1.54, 1.807) is 6.92 Å². The van der Waals surface area contributed by atoms with Gasteiger partial charge in [0.2, 0.25) is 0 Å². The van der Waals surface area contributed by atoms with Crippen LogP contribution in [0.1, 0.15) is 23.6 Å². The van der Waals surface area contributed by atoms with Gasteiger partial charge in [0.25, 0.3) is 0 Å². The lowest BCUT2D eigenvalue weighted by Gasteiger charge is -2.05. The molecule has 0 aromatic heterocycles. The zero-order valence-corrected chi connectivity index (χ0v) is 7.18. The molecule has 0 fully saturated rings. The van der Waals surface area contributed by atoms with Crippen molar-refractivity contribution in [3.8, 4) is 0 Å². The molecule has 0 bridgehead atoms. The molecule has 0 spiro atoms. The Bertz CT molecular complexity index is 231. The van der Waals surface area contributed by atoms with Crippen LogP contribution in [0.2, 0.25) is 0 Å². The van der Waals surface area contributed by atoms with Crippen LogP contribution in [0.4, 0.5) is 0 Å². The van der Waals surface area contributed by atoms with Crippen LogP contribution in [0.5, 0.6) is 0 Å². The molecule has 59 valence electrons. The van der Waals surface area contributed by atoms with E-state index in [0.29, 0.717) is 6.10 Å². The van der Waals surface area contributed by atoms with Gasteiger partial charge < -0.3 is 5.11 Å². The Morgan fingerprint density at radius 1 is 1.09 bits per heavy atom. The molecule has 1 rings (SSSR count). The van der Waals surface area contributed by atoms with Crippen molar-refractivity contribution in [1.29, 1.82) is 0 Å². The summed E-state index contributed by atoms with van der Waals surface area (Å²) >= 11 is 0. The fourth-order valence-electron chi connectivity index (χ4n) is 1.18. The van der Waals surface area contributed by atoms with Crippen molar-refractivity contribution in [1.82, 2.24) is 0 Å². The van der Waals surface area contributed by atoms with Gasteiger partial charge in [0.05, 0.1) is 0 Å². The van der Waals surface area contributed by atoms with Crippen molar-refractivity contribution in [2.75, 3.05) is 0 Å². The second kappa shape index (κ2) is 3.05. The van der Waals surface area contributed by atoms with Gasteiger partial charge >= 0.3 is 0 Å². The first-order valence-electron chi connectivity index (χ1n) is 3.71. The molecule has 0 unspecified atom stereocenters. The van der Waals surface area contributed by atoms with Crippen LogP contribution < -0.4 is 0 Å². The second-order valence-electron chi connectivity index (χ2n) is 2.96. The minimum absolute atomic E-state index is 0.386. The highest BCUT2D eigenvalue weighted by Gasteiger charge is 2.01. The second-order valence-corrected chi connectivity index (χ2v) is 2.96. The lowest BCUT2D eigenvalue weighted by atomic mass is 10.0. The number of aliphatic hydroxyl groups excluding tert-OH is 1. The van der Waals surface area contributed by atoms with E-state index >= 15 is 0 Å². The number of benzene rings is 1. The summed E-state index contributed by atoms with van der Waals surface area (Å²) in [5, 5.41) is 9.19. The minimum atomic E-state index is 0.386. The summed E-state index contributed by atoms with van der Waals surface area (Å²) in [6, 6.07) is 6.04. The molecular weight excluding hydrogens is 136 g/mol. The average Bonchev–Trinajstić information content (AvgIpc) is 1.85. The van der Waals surface area contributed by atoms with Crippen molar-refractivity contribution in [2.24, 2.45) is 0 Å². The average molecular weight is 149 g/mol. The first kappa shape index (κ1) is 8.28. The quantitative estimate of drug-likeness (QED) is 0.650. The van der Waals surface area contributed by atoms with Gasteiger partial charge in [-0.2, -0.15) is 0 Å². The van der Waals surface area contributed by atoms with Crippen LogP contribution in [0.25, 0.3) is 0 Å². The number of hydrogen-bond donors (Lipinski definition) is 1. The molecule has 0 atom stereocenters. The van der Waals surface area contributed by atoms with Gasteiger partial charge in [-0.05, 0) is 26.3 Å². The fraction of sp³-hybridized carbons (Fsp3) is 0.300. The van der Waals surface area contributed by atoms with E-state index in [1.807, 2.05) is 26.0 Å². The lowest BCUT2D eigenvalue weighted by molar-refractivity contribution is 0.341. The third kappa shape index (κ3) is 2.05. The van der Waals surface area contributed by atoms with Crippen LogP contribution in [-0.4, -0.2) is 5.11 Å². The SMILES string of the molecule is C[C](O)c1cc(C)cc(C)c1. The van der Waals surface area contributed by atoms with Crippen LogP contribution >= 0.6 is 0 Å². The number of aliphatic hydroxyl groups is 1. The molecule has 1 aromatic carbocycles. The molecule has 1 nitrogen and oxygen atoms in total. The standard InChI is InChI=1S/C10H13O/c1-7-4-8(2)6-10(5-7)9(3)11/h4-6,11H,1-3H3. The third-order valence-electron chi connectivity index (χ3n) is 1.64. The highest BCUT2D eigenvalue weighted by molar-refractivity contribution is 5.34. The molecule has 1 radical (unpaired) electrons. The Morgan fingerprint density at radius 2 is 1.55 bits per heavy atom. The summed E-state index contributed by atoms with van der Waals surface area (Å²) in [5.74, 6) is 0. The summed E-state index contributed by atoms with van der Waals surface area (Å²) in [6.07, 6.45) is 0.386. The lowest BCUT2D eigenvalue weighted by Crippen LogP contribution is -1.93. The summed E-state index contributed by atoms with van der Waals surface area (Å²) in [7, 11) is 0. The van der Waals surface area contributed by atoms with Gasteiger partial charge in [0.1, 0.15) is 6.10 Å². The van der Waals surface area contributed by atoms with Crippen LogP contribution in [0, 0.1) is 20.0 Å². The predicted octanol–water partition coefficient (Wildman–Crippen LogP) is 2.58. The fourth-order valence-corrected chi connectivity index (χ4v) is 1.18. The monoisotopic (exact) mass is 149 g/mol. The molecule has 0 saturated heterocycles. The van der Waals surface area contributed by atoms with E-state index in [4.69, 9.17) is 0 Å². The maximum absolute atomic E-state index is 9.19. The normalized spacial score (nSPS) is 10.6. The molecule has 0 amide bonds. The van der Waals surface area contributed by atoms with Gasteiger partial charge in [0.15, 0.2) is 0 Å². The van der Waals surface area contributed by atoms with E-state index in [1.165, 1.54) is 11.1 Å². The van der Waals surface area contributed by atoms with E-state index in [0.717, 1.165) is 5.56 Å². The summed E-state index contributed by atoms with van der Waals surface area (Å²) < 4.78 is 0. The van der Waals surface area contributed by atoms with Gasteiger partial charge in [-0.25, -0.2) is 0 Å². The van der Waals surface area contributed by atoms with Crippen molar-refractivity contribution in [3.63, 3.8) is 0 Å². The summed E-state index contributed by atoms with van der Waals surface area (Å²) in [5.41, 5.74) is 3.30. The van der Waals surface area contributed by atoms with E-state index in [9.17, 15) is 5.11 Å². The Kier molecular flexibility index (Phi) is 2.30.